The lowest BCUT2D eigenvalue weighted by Gasteiger charge is -2.08. The van der Waals surface area contributed by atoms with Crippen molar-refractivity contribution < 1.29 is 13.6 Å². The molecule has 0 saturated carbocycles. The molecule has 0 unspecified atom stereocenters. The summed E-state index contributed by atoms with van der Waals surface area (Å²) < 4.78 is 27.2. The number of halogens is 2. The van der Waals surface area contributed by atoms with Crippen LogP contribution in [0.25, 0.3) is 0 Å². The molecule has 0 bridgehead atoms. The average Bonchev–Trinajstić information content (AvgIpc) is 2.66. The minimum absolute atomic E-state index is 0.0560. The molecule has 3 rings (SSSR count). The molecular weight excluding hydrogens is 338 g/mol. The first-order chi connectivity index (χ1) is 12.6. The van der Waals surface area contributed by atoms with Crippen molar-refractivity contribution in [3.05, 3.63) is 77.8 Å². The molecule has 5 nitrogen and oxygen atoms in total. The van der Waals surface area contributed by atoms with Crippen molar-refractivity contribution in [2.45, 2.75) is 13.3 Å². The summed E-state index contributed by atoms with van der Waals surface area (Å²) in [6.07, 6.45) is 3.56. The van der Waals surface area contributed by atoms with E-state index in [-0.39, 0.29) is 5.69 Å². The van der Waals surface area contributed by atoms with E-state index in [0.29, 0.717) is 5.82 Å². The first kappa shape index (κ1) is 17.5. The Morgan fingerprint density at radius 3 is 2.27 bits per heavy atom. The predicted octanol–water partition coefficient (Wildman–Crippen LogP) is 4.31. The summed E-state index contributed by atoms with van der Waals surface area (Å²) in [7, 11) is 0. The van der Waals surface area contributed by atoms with Gasteiger partial charge < -0.3 is 10.6 Å². The Labute approximate surface area is 149 Å². The summed E-state index contributed by atoms with van der Waals surface area (Å²) in [5.74, 6) is -2.02. The number of benzene rings is 2. The van der Waals surface area contributed by atoms with E-state index < -0.39 is 23.2 Å². The monoisotopic (exact) mass is 354 g/mol. The van der Waals surface area contributed by atoms with Gasteiger partial charge in [0.1, 0.15) is 28.8 Å². The Bertz CT molecular complexity index is 892. The highest BCUT2D eigenvalue weighted by Gasteiger charge is 2.14. The third-order valence-corrected chi connectivity index (χ3v) is 3.72. The number of hydrogen-bond donors (Lipinski definition) is 2. The van der Waals surface area contributed by atoms with Crippen LogP contribution in [0.4, 0.5) is 26.0 Å². The summed E-state index contributed by atoms with van der Waals surface area (Å²) >= 11 is 0. The molecule has 0 radical (unpaired) electrons. The molecular formula is C19H16F2N4O. The van der Waals surface area contributed by atoms with Gasteiger partial charge in [-0.1, -0.05) is 25.1 Å². The predicted molar refractivity (Wildman–Crippen MR) is 95.4 cm³/mol. The van der Waals surface area contributed by atoms with Gasteiger partial charge in [-0.3, -0.25) is 4.79 Å². The highest BCUT2D eigenvalue weighted by atomic mass is 19.1. The van der Waals surface area contributed by atoms with Crippen LogP contribution in [0.1, 0.15) is 23.0 Å². The quantitative estimate of drug-likeness (QED) is 0.716. The molecule has 1 amide bonds. The number of anilines is 3. The molecule has 26 heavy (non-hydrogen) atoms. The SMILES string of the molecule is CCc1ccc(Nc2cnc(C(=O)Nc3c(F)cccc3F)cn2)cc1. The molecule has 0 atom stereocenters. The maximum Gasteiger partial charge on any atom is 0.276 e. The van der Waals surface area contributed by atoms with E-state index in [9.17, 15) is 13.6 Å². The van der Waals surface area contributed by atoms with E-state index in [4.69, 9.17) is 0 Å². The van der Waals surface area contributed by atoms with E-state index in [1.54, 1.807) is 0 Å². The van der Waals surface area contributed by atoms with Crippen LogP contribution in [-0.4, -0.2) is 15.9 Å². The largest absolute Gasteiger partial charge is 0.339 e. The number of nitrogens with zero attached hydrogens (tertiary/aromatic N) is 2. The summed E-state index contributed by atoms with van der Waals surface area (Å²) in [5, 5.41) is 5.23. The molecule has 0 aliphatic rings. The van der Waals surface area contributed by atoms with Crippen molar-refractivity contribution in [2.75, 3.05) is 10.6 Å². The van der Waals surface area contributed by atoms with Gasteiger partial charge in [-0.15, -0.1) is 0 Å². The highest BCUT2D eigenvalue weighted by Crippen LogP contribution is 2.19. The summed E-state index contributed by atoms with van der Waals surface area (Å²) in [4.78, 5) is 20.2. The fourth-order valence-corrected chi connectivity index (χ4v) is 2.28. The Balaban J connectivity index is 1.69. The van der Waals surface area contributed by atoms with E-state index in [1.165, 1.54) is 24.0 Å². The van der Waals surface area contributed by atoms with Gasteiger partial charge >= 0.3 is 0 Å². The zero-order chi connectivity index (χ0) is 18.5. The molecule has 2 N–H and O–H groups in total. The fraction of sp³-hybridized carbons (Fsp3) is 0.105. The van der Waals surface area contributed by atoms with E-state index in [1.807, 2.05) is 24.3 Å². The molecule has 1 heterocycles. The number of rotatable bonds is 5. The third-order valence-electron chi connectivity index (χ3n) is 3.72. The van der Waals surface area contributed by atoms with E-state index >= 15 is 0 Å². The van der Waals surface area contributed by atoms with Crippen molar-refractivity contribution in [1.82, 2.24) is 9.97 Å². The normalized spacial score (nSPS) is 10.4. The summed E-state index contributed by atoms with van der Waals surface area (Å²) in [6, 6.07) is 11.2. The van der Waals surface area contributed by atoms with E-state index in [0.717, 1.165) is 24.2 Å². The molecule has 2 aromatic carbocycles. The Kier molecular flexibility index (Phi) is 5.17. The number of hydrogen-bond acceptors (Lipinski definition) is 4. The van der Waals surface area contributed by atoms with Crippen molar-refractivity contribution >= 4 is 23.1 Å². The van der Waals surface area contributed by atoms with Gasteiger partial charge in [0.05, 0.1) is 12.4 Å². The van der Waals surface area contributed by atoms with Crippen molar-refractivity contribution in [2.24, 2.45) is 0 Å². The second-order valence-corrected chi connectivity index (χ2v) is 5.51. The van der Waals surface area contributed by atoms with Crippen LogP contribution in [-0.2, 0) is 6.42 Å². The lowest BCUT2D eigenvalue weighted by atomic mass is 10.1. The van der Waals surface area contributed by atoms with Crippen molar-refractivity contribution in [1.29, 1.82) is 0 Å². The van der Waals surface area contributed by atoms with Gasteiger partial charge in [-0.2, -0.15) is 0 Å². The van der Waals surface area contributed by atoms with Crippen LogP contribution >= 0.6 is 0 Å². The molecule has 0 spiro atoms. The Morgan fingerprint density at radius 1 is 1.00 bits per heavy atom. The molecule has 1 aromatic heterocycles. The van der Waals surface area contributed by atoms with Crippen molar-refractivity contribution in [3.8, 4) is 0 Å². The molecule has 3 aromatic rings. The summed E-state index contributed by atoms with van der Waals surface area (Å²) in [6.45, 7) is 2.07. The number of carbonyl (C=O) groups is 1. The van der Waals surface area contributed by atoms with E-state index in [2.05, 4.69) is 27.5 Å². The molecule has 132 valence electrons. The second kappa shape index (κ2) is 7.69. The molecule has 0 aliphatic carbocycles. The van der Waals surface area contributed by atoms with Crippen LogP contribution in [0.15, 0.2) is 54.9 Å². The maximum absolute atomic E-state index is 13.6. The molecule has 7 heteroatoms. The van der Waals surface area contributed by atoms with Crippen LogP contribution in [0.3, 0.4) is 0 Å². The number of nitrogens with one attached hydrogen (secondary N) is 2. The zero-order valence-corrected chi connectivity index (χ0v) is 14.0. The minimum Gasteiger partial charge on any atom is -0.339 e. The van der Waals surface area contributed by atoms with Gasteiger partial charge in [0, 0.05) is 5.69 Å². The smallest absolute Gasteiger partial charge is 0.276 e. The topological polar surface area (TPSA) is 66.9 Å². The number of aromatic nitrogens is 2. The first-order valence-electron chi connectivity index (χ1n) is 8.00. The Morgan fingerprint density at radius 2 is 1.69 bits per heavy atom. The number of carbonyl (C=O) groups excluding carboxylic acids is 1. The fourth-order valence-electron chi connectivity index (χ4n) is 2.28. The number of aryl methyl sites for hydroxylation is 1. The van der Waals surface area contributed by atoms with Gasteiger partial charge in [0.15, 0.2) is 0 Å². The second-order valence-electron chi connectivity index (χ2n) is 5.51. The lowest BCUT2D eigenvalue weighted by molar-refractivity contribution is 0.102. The van der Waals surface area contributed by atoms with Crippen LogP contribution in [0.5, 0.6) is 0 Å². The Hall–Kier alpha value is -3.35. The van der Waals surface area contributed by atoms with Crippen LogP contribution in [0, 0.1) is 11.6 Å². The minimum atomic E-state index is -0.861. The lowest BCUT2D eigenvalue weighted by Crippen LogP contribution is -2.16. The molecule has 0 aliphatic heterocycles. The van der Waals surface area contributed by atoms with Gasteiger partial charge in [-0.05, 0) is 36.2 Å². The zero-order valence-electron chi connectivity index (χ0n) is 14.0. The number of para-hydroxylation sites is 1. The van der Waals surface area contributed by atoms with Gasteiger partial charge in [-0.25, -0.2) is 18.7 Å². The van der Waals surface area contributed by atoms with Gasteiger partial charge in [0.25, 0.3) is 5.91 Å². The summed E-state index contributed by atoms with van der Waals surface area (Å²) in [5.41, 5.74) is 1.48. The standard InChI is InChI=1S/C19H16F2N4O/c1-2-12-6-8-13(9-7-12)24-17-11-22-16(10-23-17)19(26)25-18-14(20)4-3-5-15(18)21/h3-11H,2H2,1H3,(H,23,24)(H,25,26). The van der Waals surface area contributed by atoms with Crippen LogP contribution < -0.4 is 10.6 Å². The first-order valence-corrected chi connectivity index (χ1v) is 8.00. The van der Waals surface area contributed by atoms with Crippen molar-refractivity contribution in [3.63, 3.8) is 0 Å². The highest BCUT2D eigenvalue weighted by molar-refractivity contribution is 6.02. The van der Waals surface area contributed by atoms with Gasteiger partial charge in [0.2, 0.25) is 0 Å². The molecule has 0 saturated heterocycles. The van der Waals surface area contributed by atoms with Crippen LogP contribution in [0.2, 0.25) is 0 Å². The number of amides is 1. The molecule has 0 fully saturated rings. The maximum atomic E-state index is 13.6. The average molecular weight is 354 g/mol. The third kappa shape index (κ3) is 4.00.